The topological polar surface area (TPSA) is 74.8 Å². The van der Waals surface area contributed by atoms with E-state index in [4.69, 9.17) is 5.26 Å². The van der Waals surface area contributed by atoms with Crippen molar-refractivity contribution in [3.05, 3.63) is 77.9 Å². The standard InChI is InChI=1S/C20H19N5O/c1-2-11-24(13-17-5-3-16(12-21)4-6-17)20(26)18-7-9-19(10-8-18)25-15-22-14-23-25/h3-10,14-15H,2,11,13H2,1H3. The number of nitrogens with zero attached hydrogens (tertiary/aromatic N) is 5. The first-order valence-corrected chi connectivity index (χ1v) is 8.44. The number of benzene rings is 2. The number of amides is 1. The monoisotopic (exact) mass is 345 g/mol. The molecule has 1 aromatic heterocycles. The molecule has 0 aliphatic rings. The second-order valence-electron chi connectivity index (χ2n) is 5.92. The Bertz CT molecular complexity index is 893. The smallest absolute Gasteiger partial charge is 0.254 e. The quantitative estimate of drug-likeness (QED) is 0.687. The van der Waals surface area contributed by atoms with Crippen molar-refractivity contribution < 1.29 is 4.79 Å². The highest BCUT2D eigenvalue weighted by Gasteiger charge is 2.15. The molecule has 2 aromatic carbocycles. The second kappa shape index (κ2) is 8.08. The van der Waals surface area contributed by atoms with Crippen LogP contribution in [0.4, 0.5) is 0 Å². The van der Waals surface area contributed by atoms with Gasteiger partial charge in [-0.05, 0) is 48.4 Å². The molecular formula is C20H19N5O. The number of carbonyl (C=O) groups is 1. The Morgan fingerprint density at radius 2 is 1.88 bits per heavy atom. The van der Waals surface area contributed by atoms with Crippen LogP contribution in [0.3, 0.4) is 0 Å². The molecule has 0 N–H and O–H groups in total. The average molecular weight is 345 g/mol. The van der Waals surface area contributed by atoms with Gasteiger partial charge in [0.1, 0.15) is 12.7 Å². The predicted octanol–water partition coefficient (Wildman–Crippen LogP) is 3.19. The van der Waals surface area contributed by atoms with E-state index >= 15 is 0 Å². The van der Waals surface area contributed by atoms with E-state index in [-0.39, 0.29) is 5.91 Å². The molecule has 1 amide bonds. The van der Waals surface area contributed by atoms with Crippen LogP contribution in [0, 0.1) is 11.3 Å². The normalized spacial score (nSPS) is 10.3. The van der Waals surface area contributed by atoms with Crippen molar-refractivity contribution in [3.63, 3.8) is 0 Å². The molecule has 0 spiro atoms. The summed E-state index contributed by atoms with van der Waals surface area (Å²) in [4.78, 5) is 18.6. The second-order valence-corrected chi connectivity index (χ2v) is 5.92. The fourth-order valence-corrected chi connectivity index (χ4v) is 2.71. The lowest BCUT2D eigenvalue weighted by atomic mass is 10.1. The summed E-state index contributed by atoms with van der Waals surface area (Å²) in [6, 6.07) is 16.8. The summed E-state index contributed by atoms with van der Waals surface area (Å²) in [5.74, 6) is -0.0126. The lowest BCUT2D eigenvalue weighted by Gasteiger charge is -2.22. The number of hydrogen-bond donors (Lipinski definition) is 0. The van der Waals surface area contributed by atoms with E-state index in [1.54, 1.807) is 35.3 Å². The molecule has 3 rings (SSSR count). The van der Waals surface area contributed by atoms with Gasteiger partial charge in [-0.3, -0.25) is 4.79 Å². The molecule has 0 unspecified atom stereocenters. The molecule has 0 saturated carbocycles. The number of nitriles is 1. The molecule has 6 heteroatoms. The van der Waals surface area contributed by atoms with Gasteiger partial charge in [-0.1, -0.05) is 19.1 Å². The van der Waals surface area contributed by atoms with Gasteiger partial charge in [-0.15, -0.1) is 0 Å². The first-order valence-electron chi connectivity index (χ1n) is 8.44. The maximum atomic E-state index is 12.9. The lowest BCUT2D eigenvalue weighted by Crippen LogP contribution is -2.31. The zero-order chi connectivity index (χ0) is 18.4. The van der Waals surface area contributed by atoms with Crippen molar-refractivity contribution in [1.29, 1.82) is 5.26 Å². The van der Waals surface area contributed by atoms with E-state index < -0.39 is 0 Å². The number of rotatable bonds is 6. The van der Waals surface area contributed by atoms with Gasteiger partial charge in [0.2, 0.25) is 0 Å². The maximum absolute atomic E-state index is 12.9. The van der Waals surface area contributed by atoms with E-state index in [0.29, 0.717) is 24.2 Å². The van der Waals surface area contributed by atoms with Crippen molar-refractivity contribution in [2.45, 2.75) is 19.9 Å². The Labute approximate surface area is 152 Å². The van der Waals surface area contributed by atoms with E-state index in [1.165, 1.54) is 6.33 Å². The third-order valence-electron chi connectivity index (χ3n) is 4.03. The van der Waals surface area contributed by atoms with Crippen LogP contribution < -0.4 is 0 Å². The fourth-order valence-electron chi connectivity index (χ4n) is 2.71. The summed E-state index contributed by atoms with van der Waals surface area (Å²) in [7, 11) is 0. The highest BCUT2D eigenvalue weighted by atomic mass is 16.2. The number of hydrogen-bond acceptors (Lipinski definition) is 4. The van der Waals surface area contributed by atoms with Crippen LogP contribution in [-0.4, -0.2) is 32.1 Å². The van der Waals surface area contributed by atoms with Crippen LogP contribution in [-0.2, 0) is 6.54 Å². The van der Waals surface area contributed by atoms with E-state index in [1.807, 2.05) is 36.1 Å². The summed E-state index contributed by atoms with van der Waals surface area (Å²) in [6.45, 7) is 3.24. The predicted molar refractivity (Wildman–Crippen MR) is 97.5 cm³/mol. The molecule has 0 fully saturated rings. The minimum absolute atomic E-state index is 0.0126. The molecule has 1 heterocycles. The Balaban J connectivity index is 1.76. The Hall–Kier alpha value is -3.46. The molecular weight excluding hydrogens is 326 g/mol. The molecule has 130 valence electrons. The minimum Gasteiger partial charge on any atom is -0.334 e. The molecule has 26 heavy (non-hydrogen) atoms. The molecule has 3 aromatic rings. The first-order chi connectivity index (χ1) is 12.7. The third-order valence-corrected chi connectivity index (χ3v) is 4.03. The summed E-state index contributed by atoms with van der Waals surface area (Å²) in [5.41, 5.74) is 3.11. The van der Waals surface area contributed by atoms with Gasteiger partial charge in [0.15, 0.2) is 0 Å². The summed E-state index contributed by atoms with van der Waals surface area (Å²) < 4.78 is 1.65. The van der Waals surface area contributed by atoms with Gasteiger partial charge in [0.25, 0.3) is 5.91 Å². The third kappa shape index (κ3) is 3.95. The number of aromatic nitrogens is 3. The highest BCUT2D eigenvalue weighted by molar-refractivity contribution is 5.94. The zero-order valence-electron chi connectivity index (χ0n) is 14.5. The molecule has 0 bridgehead atoms. The van der Waals surface area contributed by atoms with Crippen LogP contribution >= 0.6 is 0 Å². The molecule has 6 nitrogen and oxygen atoms in total. The minimum atomic E-state index is -0.0126. The molecule has 0 atom stereocenters. The van der Waals surface area contributed by atoms with Gasteiger partial charge < -0.3 is 4.90 Å². The van der Waals surface area contributed by atoms with Crippen molar-refractivity contribution in [2.75, 3.05) is 6.54 Å². The van der Waals surface area contributed by atoms with Gasteiger partial charge in [-0.2, -0.15) is 10.4 Å². The molecule has 0 aliphatic carbocycles. The Kier molecular flexibility index (Phi) is 5.40. The van der Waals surface area contributed by atoms with Crippen LogP contribution in [0.1, 0.15) is 34.8 Å². The van der Waals surface area contributed by atoms with E-state index in [9.17, 15) is 4.79 Å². The summed E-state index contributed by atoms with van der Waals surface area (Å²) in [6.07, 6.45) is 3.96. The van der Waals surface area contributed by atoms with Gasteiger partial charge in [-0.25, -0.2) is 9.67 Å². The number of carbonyl (C=O) groups excluding carboxylic acids is 1. The van der Waals surface area contributed by atoms with Gasteiger partial charge >= 0.3 is 0 Å². The molecule has 0 saturated heterocycles. The maximum Gasteiger partial charge on any atom is 0.254 e. The SMILES string of the molecule is CCCN(Cc1ccc(C#N)cc1)C(=O)c1ccc(-n2cncn2)cc1. The van der Waals surface area contributed by atoms with Crippen LogP contribution in [0.2, 0.25) is 0 Å². The fraction of sp³-hybridized carbons (Fsp3) is 0.200. The van der Waals surface area contributed by atoms with E-state index in [0.717, 1.165) is 17.7 Å². The largest absolute Gasteiger partial charge is 0.334 e. The Morgan fingerprint density at radius 3 is 2.46 bits per heavy atom. The van der Waals surface area contributed by atoms with Crippen molar-refractivity contribution >= 4 is 5.91 Å². The van der Waals surface area contributed by atoms with E-state index in [2.05, 4.69) is 16.2 Å². The zero-order valence-corrected chi connectivity index (χ0v) is 14.5. The lowest BCUT2D eigenvalue weighted by molar-refractivity contribution is 0.0743. The summed E-state index contributed by atoms with van der Waals surface area (Å²) in [5, 5.41) is 13.0. The van der Waals surface area contributed by atoms with Crippen molar-refractivity contribution in [1.82, 2.24) is 19.7 Å². The van der Waals surface area contributed by atoms with Crippen molar-refractivity contribution in [3.8, 4) is 11.8 Å². The van der Waals surface area contributed by atoms with Gasteiger partial charge in [0.05, 0.1) is 17.3 Å². The molecule has 0 radical (unpaired) electrons. The van der Waals surface area contributed by atoms with Crippen LogP contribution in [0.5, 0.6) is 0 Å². The van der Waals surface area contributed by atoms with Gasteiger partial charge in [0, 0.05) is 18.7 Å². The molecule has 0 aliphatic heterocycles. The highest BCUT2D eigenvalue weighted by Crippen LogP contribution is 2.14. The van der Waals surface area contributed by atoms with Crippen LogP contribution in [0.25, 0.3) is 5.69 Å². The Morgan fingerprint density at radius 1 is 1.15 bits per heavy atom. The van der Waals surface area contributed by atoms with Crippen molar-refractivity contribution in [2.24, 2.45) is 0 Å². The average Bonchev–Trinajstić information content (AvgIpc) is 3.22. The summed E-state index contributed by atoms with van der Waals surface area (Å²) >= 11 is 0. The van der Waals surface area contributed by atoms with Crippen LogP contribution in [0.15, 0.2) is 61.2 Å². The first kappa shape index (κ1) is 17.4.